The first-order valence-electron chi connectivity index (χ1n) is 10.4. The minimum Gasteiger partial charge on any atom is -0.339 e. The number of nitrogens with zero attached hydrogens (tertiary/aromatic N) is 4. The zero-order chi connectivity index (χ0) is 25.3. The summed E-state index contributed by atoms with van der Waals surface area (Å²) in [4.78, 5) is 78.2. The number of carbonyl (C=O) groups excluding carboxylic acids is 6. The third-order valence-corrected chi connectivity index (χ3v) is 5.11. The molecule has 5 amide bonds. The van der Waals surface area contributed by atoms with Crippen LogP contribution >= 0.6 is 0 Å². The first kappa shape index (κ1) is 27.4. The molecule has 0 aromatic heterocycles. The van der Waals surface area contributed by atoms with Crippen LogP contribution < -0.4 is 0 Å². The van der Waals surface area contributed by atoms with Crippen molar-refractivity contribution < 1.29 is 28.8 Å². The Morgan fingerprint density at radius 3 is 1.67 bits per heavy atom. The number of amides is 5. The molecule has 10 heteroatoms. The van der Waals surface area contributed by atoms with Gasteiger partial charge in [0.15, 0.2) is 0 Å². The lowest BCUT2D eigenvalue weighted by Gasteiger charge is -2.36. The number of imide groups is 2. The summed E-state index contributed by atoms with van der Waals surface area (Å²) in [5, 5.41) is 0. The van der Waals surface area contributed by atoms with E-state index < -0.39 is 35.7 Å². The maximum atomic E-state index is 12.4. The van der Waals surface area contributed by atoms with Crippen LogP contribution in [0.5, 0.6) is 0 Å². The molecule has 2 atom stereocenters. The van der Waals surface area contributed by atoms with Crippen molar-refractivity contribution in [1.29, 1.82) is 0 Å². The van der Waals surface area contributed by atoms with Gasteiger partial charge in [-0.15, -0.1) is 0 Å². The first-order chi connectivity index (χ1) is 15.4. The highest BCUT2D eigenvalue weighted by atomic mass is 16.2. The van der Waals surface area contributed by atoms with Gasteiger partial charge in [-0.05, 0) is 31.0 Å². The molecule has 1 rings (SSSR count). The second kappa shape index (κ2) is 12.4. The lowest BCUT2D eigenvalue weighted by molar-refractivity contribution is -0.147. The number of rotatable bonds is 9. The molecule has 2 unspecified atom stereocenters. The van der Waals surface area contributed by atoms with Gasteiger partial charge in [0.1, 0.15) is 0 Å². The highest BCUT2D eigenvalue weighted by molar-refractivity contribution is 5.94. The summed E-state index contributed by atoms with van der Waals surface area (Å²) in [6, 6.07) is 5.32. The Morgan fingerprint density at radius 1 is 0.788 bits per heavy atom. The maximum absolute atomic E-state index is 12.4. The summed E-state index contributed by atoms with van der Waals surface area (Å²) >= 11 is 0. The summed E-state index contributed by atoms with van der Waals surface area (Å²) in [5.41, 5.74) is 1.16. The van der Waals surface area contributed by atoms with E-state index in [4.69, 9.17) is 0 Å². The summed E-state index contributed by atoms with van der Waals surface area (Å²) in [6.45, 7) is 8.11. The fourth-order valence-corrected chi connectivity index (χ4v) is 3.83. The molecule has 0 fully saturated rings. The molecule has 0 aliphatic carbocycles. The van der Waals surface area contributed by atoms with Crippen LogP contribution in [0.2, 0.25) is 0 Å². The van der Waals surface area contributed by atoms with Crippen molar-refractivity contribution in [1.82, 2.24) is 14.7 Å². The van der Waals surface area contributed by atoms with Gasteiger partial charge >= 0.3 is 0 Å². The van der Waals surface area contributed by atoms with Crippen LogP contribution in [0.15, 0.2) is 29.3 Å². The van der Waals surface area contributed by atoms with Crippen LogP contribution in [0.1, 0.15) is 47.1 Å². The summed E-state index contributed by atoms with van der Waals surface area (Å²) in [5.74, 6) is -2.16. The molecule has 1 aromatic rings. The standard InChI is InChI=1S/C23H30N4O6/c1-15(26(17(3)30)18(4)31)12-25(16(2)29)13-23(27(19(5)32)20(6)33)11-21-7-9-22(10-8-21)24-14-28/h7-10,15,23H,11-13H2,1-6H3. The Morgan fingerprint density at radius 2 is 1.27 bits per heavy atom. The highest BCUT2D eigenvalue weighted by Gasteiger charge is 2.30. The van der Waals surface area contributed by atoms with Crippen LogP contribution in [-0.4, -0.2) is 75.5 Å². The van der Waals surface area contributed by atoms with E-state index in [-0.39, 0.29) is 25.4 Å². The molecular weight excluding hydrogens is 428 g/mol. The molecule has 0 aliphatic heterocycles. The second-order valence-corrected chi connectivity index (χ2v) is 7.82. The zero-order valence-corrected chi connectivity index (χ0v) is 19.8. The van der Waals surface area contributed by atoms with Gasteiger partial charge in [-0.2, -0.15) is 4.99 Å². The molecular formula is C23H30N4O6. The quantitative estimate of drug-likeness (QED) is 0.409. The Kier molecular flexibility index (Phi) is 10.3. The van der Waals surface area contributed by atoms with Gasteiger partial charge in [-0.25, -0.2) is 4.79 Å². The third kappa shape index (κ3) is 8.08. The predicted octanol–water partition coefficient (Wildman–Crippen LogP) is 1.59. The number of hydrogen-bond acceptors (Lipinski definition) is 7. The Hall–Kier alpha value is -3.65. The fraction of sp³-hybridized carbons (Fsp3) is 0.478. The summed E-state index contributed by atoms with van der Waals surface area (Å²) < 4.78 is 0. The Balaban J connectivity index is 3.26. The van der Waals surface area contributed by atoms with Crippen molar-refractivity contribution >= 4 is 41.3 Å². The third-order valence-electron chi connectivity index (χ3n) is 5.11. The van der Waals surface area contributed by atoms with E-state index in [9.17, 15) is 28.8 Å². The fourth-order valence-electron chi connectivity index (χ4n) is 3.83. The van der Waals surface area contributed by atoms with Gasteiger partial charge in [-0.3, -0.25) is 33.8 Å². The molecule has 0 heterocycles. The largest absolute Gasteiger partial charge is 0.339 e. The molecule has 10 nitrogen and oxygen atoms in total. The van der Waals surface area contributed by atoms with E-state index in [1.807, 2.05) is 0 Å². The average molecular weight is 459 g/mol. The van der Waals surface area contributed by atoms with Crippen molar-refractivity contribution in [2.45, 2.75) is 60.0 Å². The van der Waals surface area contributed by atoms with Gasteiger partial charge in [0, 0.05) is 47.7 Å². The Bertz CT molecular complexity index is 924. The normalized spacial score (nSPS) is 12.1. The summed E-state index contributed by atoms with van der Waals surface area (Å²) in [7, 11) is 0. The molecule has 0 saturated carbocycles. The average Bonchev–Trinajstić information content (AvgIpc) is 2.67. The van der Waals surface area contributed by atoms with E-state index >= 15 is 0 Å². The van der Waals surface area contributed by atoms with E-state index in [1.54, 1.807) is 31.2 Å². The van der Waals surface area contributed by atoms with E-state index in [2.05, 4.69) is 4.99 Å². The van der Waals surface area contributed by atoms with E-state index in [0.29, 0.717) is 5.69 Å². The number of isocyanates is 1. The number of benzene rings is 1. The zero-order valence-electron chi connectivity index (χ0n) is 19.8. The Labute approximate surface area is 193 Å². The van der Waals surface area contributed by atoms with Gasteiger partial charge in [0.25, 0.3) is 0 Å². The van der Waals surface area contributed by atoms with Gasteiger partial charge in [0.2, 0.25) is 35.6 Å². The van der Waals surface area contributed by atoms with Gasteiger partial charge < -0.3 is 4.90 Å². The number of carbonyl (C=O) groups is 5. The van der Waals surface area contributed by atoms with Gasteiger partial charge in [0.05, 0.1) is 17.8 Å². The molecule has 1 aromatic carbocycles. The van der Waals surface area contributed by atoms with Crippen LogP contribution in [0.3, 0.4) is 0 Å². The highest BCUT2D eigenvalue weighted by Crippen LogP contribution is 2.17. The van der Waals surface area contributed by atoms with Crippen LogP contribution in [0.25, 0.3) is 0 Å². The van der Waals surface area contributed by atoms with E-state index in [1.165, 1.54) is 45.6 Å². The molecule has 0 aliphatic rings. The molecule has 178 valence electrons. The topological polar surface area (TPSA) is 124 Å². The minimum atomic E-state index is -0.695. The molecule has 33 heavy (non-hydrogen) atoms. The number of hydrogen-bond donors (Lipinski definition) is 0. The number of aliphatic imine (C=N–C) groups is 1. The van der Waals surface area contributed by atoms with Crippen LogP contribution in [0, 0.1) is 0 Å². The minimum absolute atomic E-state index is 0.0106. The van der Waals surface area contributed by atoms with Crippen molar-refractivity contribution in [2.75, 3.05) is 13.1 Å². The van der Waals surface area contributed by atoms with Crippen LogP contribution in [-0.2, 0) is 35.2 Å². The van der Waals surface area contributed by atoms with E-state index in [0.717, 1.165) is 15.4 Å². The van der Waals surface area contributed by atoms with Crippen molar-refractivity contribution in [3.63, 3.8) is 0 Å². The lowest BCUT2D eigenvalue weighted by atomic mass is 10.0. The second-order valence-electron chi connectivity index (χ2n) is 7.82. The van der Waals surface area contributed by atoms with Crippen molar-refractivity contribution in [2.24, 2.45) is 4.99 Å². The molecule has 0 N–H and O–H groups in total. The summed E-state index contributed by atoms with van der Waals surface area (Å²) in [6.07, 6.45) is 1.70. The maximum Gasteiger partial charge on any atom is 0.240 e. The first-order valence-corrected chi connectivity index (χ1v) is 10.4. The smallest absolute Gasteiger partial charge is 0.240 e. The van der Waals surface area contributed by atoms with Crippen molar-refractivity contribution in [3.05, 3.63) is 29.8 Å². The van der Waals surface area contributed by atoms with Crippen molar-refractivity contribution in [3.8, 4) is 0 Å². The monoisotopic (exact) mass is 458 g/mol. The van der Waals surface area contributed by atoms with Gasteiger partial charge in [-0.1, -0.05) is 12.1 Å². The molecule has 0 saturated heterocycles. The SMILES string of the molecule is CC(=O)N(CC(C)N(C(C)=O)C(C)=O)CC(Cc1ccc(N=C=O)cc1)N(C(C)=O)C(C)=O. The molecule has 0 spiro atoms. The van der Waals surface area contributed by atoms with Crippen LogP contribution in [0.4, 0.5) is 5.69 Å². The lowest BCUT2D eigenvalue weighted by Crippen LogP contribution is -2.53. The predicted molar refractivity (Wildman–Crippen MR) is 120 cm³/mol. The molecule has 0 bridgehead atoms. The molecule has 0 radical (unpaired) electrons.